The second-order valence-corrected chi connectivity index (χ2v) is 4.91. The summed E-state index contributed by atoms with van der Waals surface area (Å²) in [6.07, 6.45) is 0.0416. The molecule has 3 heterocycles. The van der Waals surface area contributed by atoms with Crippen LogP contribution in [0.3, 0.4) is 0 Å². The van der Waals surface area contributed by atoms with Gasteiger partial charge in [-0.2, -0.15) is 9.97 Å². The SMILES string of the molecule is OC[C@H]1OC(n2cc3nc(Cl)nc-3nc2Cl)C[C@@H]1O. The van der Waals surface area contributed by atoms with Gasteiger partial charge in [0.25, 0.3) is 0 Å². The highest BCUT2D eigenvalue weighted by atomic mass is 35.5. The summed E-state index contributed by atoms with van der Waals surface area (Å²) in [4.78, 5) is 12.0. The van der Waals surface area contributed by atoms with Gasteiger partial charge in [-0.3, -0.25) is 4.57 Å². The fourth-order valence-electron chi connectivity index (χ4n) is 2.07. The highest BCUT2D eigenvalue weighted by Gasteiger charge is 2.35. The Morgan fingerprint density at radius 2 is 2.16 bits per heavy atom. The summed E-state index contributed by atoms with van der Waals surface area (Å²) in [7, 11) is 0. The van der Waals surface area contributed by atoms with E-state index in [9.17, 15) is 5.11 Å². The molecule has 0 aromatic carbocycles. The van der Waals surface area contributed by atoms with Crippen LogP contribution in [0.1, 0.15) is 12.6 Å². The van der Waals surface area contributed by atoms with Crippen molar-refractivity contribution >= 4 is 23.2 Å². The Balaban J connectivity index is 1.97. The molecule has 0 radical (unpaired) electrons. The Bertz CT molecular complexity index is 578. The van der Waals surface area contributed by atoms with E-state index in [1.807, 2.05) is 0 Å². The molecule has 0 aromatic heterocycles. The molecule has 0 aromatic rings. The summed E-state index contributed by atoms with van der Waals surface area (Å²) in [5.41, 5.74) is 0.486. The number of hydrogen-bond acceptors (Lipinski definition) is 6. The standard InChI is InChI=1S/C10H10Cl2N4O3/c11-9-13-4-2-16(10(12)15-8(4)14-9)7-1-5(18)6(3-17)19-7/h2,5-7,17-18H,1,3H2/t5-,6+,7?/m0/s1. The van der Waals surface area contributed by atoms with Crippen LogP contribution in [0.5, 0.6) is 0 Å². The molecule has 0 saturated carbocycles. The zero-order valence-electron chi connectivity index (χ0n) is 9.57. The first kappa shape index (κ1) is 13.0. The lowest BCUT2D eigenvalue weighted by atomic mass is 10.2. The number of imidazole rings is 1. The van der Waals surface area contributed by atoms with Gasteiger partial charge in [0, 0.05) is 12.6 Å². The Kier molecular flexibility index (Phi) is 3.32. The van der Waals surface area contributed by atoms with Crippen molar-refractivity contribution in [2.24, 2.45) is 0 Å². The lowest BCUT2D eigenvalue weighted by Gasteiger charge is -2.17. The molecule has 3 aliphatic heterocycles. The monoisotopic (exact) mass is 304 g/mol. The minimum atomic E-state index is -0.747. The zero-order chi connectivity index (χ0) is 13.6. The van der Waals surface area contributed by atoms with Crippen molar-refractivity contribution in [1.82, 2.24) is 19.5 Å². The summed E-state index contributed by atoms with van der Waals surface area (Å²) in [6, 6.07) is 0. The average molecular weight is 305 g/mol. The van der Waals surface area contributed by atoms with Crippen LogP contribution in [-0.4, -0.2) is 48.5 Å². The van der Waals surface area contributed by atoms with E-state index < -0.39 is 18.4 Å². The van der Waals surface area contributed by atoms with Crippen molar-refractivity contribution in [3.05, 3.63) is 16.8 Å². The molecule has 3 aliphatic rings. The number of aliphatic hydroxyl groups excluding tert-OH is 2. The fourth-order valence-corrected chi connectivity index (χ4v) is 2.48. The van der Waals surface area contributed by atoms with E-state index in [1.54, 1.807) is 6.20 Å². The predicted molar refractivity (Wildman–Crippen MR) is 66.1 cm³/mol. The van der Waals surface area contributed by atoms with Crippen LogP contribution in [-0.2, 0) is 4.74 Å². The van der Waals surface area contributed by atoms with E-state index in [1.165, 1.54) is 4.57 Å². The predicted octanol–water partition coefficient (Wildman–Crippen LogP) is 0.725. The summed E-state index contributed by atoms with van der Waals surface area (Å²) in [6.45, 7) is -0.256. The molecule has 1 saturated heterocycles. The van der Waals surface area contributed by atoms with Gasteiger partial charge in [0.05, 0.1) is 12.7 Å². The second-order valence-electron chi connectivity index (χ2n) is 4.23. The topological polar surface area (TPSA) is 93.3 Å². The highest BCUT2D eigenvalue weighted by molar-refractivity contribution is 6.29. The van der Waals surface area contributed by atoms with Crippen LogP contribution in [0, 0.1) is 0 Å². The number of halogens is 2. The molecule has 0 bridgehead atoms. The smallest absolute Gasteiger partial charge is 0.225 e. The lowest BCUT2D eigenvalue weighted by molar-refractivity contribution is -0.0446. The zero-order valence-corrected chi connectivity index (χ0v) is 11.1. The molecule has 19 heavy (non-hydrogen) atoms. The molecule has 102 valence electrons. The number of ether oxygens (including phenoxy) is 1. The van der Waals surface area contributed by atoms with E-state index in [4.69, 9.17) is 33.0 Å². The summed E-state index contributed by atoms with van der Waals surface area (Å²) in [5, 5.41) is 19.0. The Morgan fingerprint density at radius 1 is 1.37 bits per heavy atom. The molecule has 0 amide bonds. The number of fused-ring (bicyclic) bond motifs is 1. The van der Waals surface area contributed by atoms with Crippen LogP contribution in [0.4, 0.5) is 0 Å². The number of hydrogen-bond donors (Lipinski definition) is 2. The molecular formula is C10H10Cl2N4O3. The molecule has 3 rings (SSSR count). The van der Waals surface area contributed by atoms with Crippen LogP contribution < -0.4 is 0 Å². The van der Waals surface area contributed by atoms with Crippen molar-refractivity contribution in [2.75, 3.05) is 6.61 Å². The summed E-state index contributed by atoms with van der Waals surface area (Å²) in [5.74, 6) is 0.350. The maximum absolute atomic E-state index is 9.72. The molecule has 7 nitrogen and oxygen atoms in total. The van der Waals surface area contributed by atoms with Gasteiger partial charge in [-0.05, 0) is 23.2 Å². The Morgan fingerprint density at radius 3 is 2.84 bits per heavy atom. The van der Waals surface area contributed by atoms with E-state index in [-0.39, 0.29) is 17.2 Å². The largest absolute Gasteiger partial charge is 0.394 e. The van der Waals surface area contributed by atoms with Gasteiger partial charge < -0.3 is 14.9 Å². The van der Waals surface area contributed by atoms with Crippen molar-refractivity contribution in [1.29, 1.82) is 0 Å². The molecule has 1 fully saturated rings. The first-order chi connectivity index (χ1) is 9.08. The third kappa shape index (κ3) is 2.28. The van der Waals surface area contributed by atoms with Gasteiger partial charge in [-0.1, -0.05) is 0 Å². The van der Waals surface area contributed by atoms with Gasteiger partial charge >= 0.3 is 0 Å². The minimum absolute atomic E-state index is 0.0944. The van der Waals surface area contributed by atoms with Crippen molar-refractivity contribution < 1.29 is 14.9 Å². The van der Waals surface area contributed by atoms with Crippen LogP contribution in [0.2, 0.25) is 10.6 Å². The Labute approximate surface area is 118 Å². The summed E-state index contributed by atoms with van der Waals surface area (Å²) < 4.78 is 7.04. The van der Waals surface area contributed by atoms with E-state index in [2.05, 4.69) is 15.0 Å². The number of aliphatic hydroxyl groups is 2. The maximum Gasteiger partial charge on any atom is 0.225 e. The van der Waals surface area contributed by atoms with Crippen molar-refractivity contribution in [3.8, 4) is 11.5 Å². The molecule has 0 spiro atoms. The fraction of sp³-hybridized carbons (Fsp3) is 0.500. The first-order valence-corrected chi connectivity index (χ1v) is 6.36. The van der Waals surface area contributed by atoms with E-state index in [0.717, 1.165) is 0 Å². The van der Waals surface area contributed by atoms with Crippen LogP contribution >= 0.6 is 23.2 Å². The van der Waals surface area contributed by atoms with Crippen LogP contribution in [0.15, 0.2) is 6.20 Å². The first-order valence-electron chi connectivity index (χ1n) is 5.60. The normalized spacial score (nSPS) is 27.3. The quantitative estimate of drug-likeness (QED) is 0.627. The molecular weight excluding hydrogens is 295 g/mol. The number of aromatic nitrogens is 4. The molecule has 3 atom stereocenters. The maximum atomic E-state index is 9.72. The Hall–Kier alpha value is -0.990. The minimum Gasteiger partial charge on any atom is -0.394 e. The molecule has 2 N–H and O–H groups in total. The summed E-state index contributed by atoms with van der Waals surface area (Å²) >= 11 is 11.7. The van der Waals surface area contributed by atoms with Crippen LogP contribution in [0.25, 0.3) is 11.5 Å². The molecule has 9 heteroatoms. The second kappa shape index (κ2) is 4.84. The third-order valence-corrected chi connectivity index (χ3v) is 3.46. The lowest BCUT2D eigenvalue weighted by Crippen LogP contribution is -2.24. The average Bonchev–Trinajstić information content (AvgIpc) is 2.89. The van der Waals surface area contributed by atoms with Gasteiger partial charge in [-0.15, -0.1) is 0 Å². The van der Waals surface area contributed by atoms with E-state index in [0.29, 0.717) is 17.9 Å². The van der Waals surface area contributed by atoms with E-state index >= 15 is 0 Å². The van der Waals surface area contributed by atoms with Gasteiger partial charge in [-0.25, -0.2) is 4.98 Å². The number of nitrogens with zero attached hydrogens (tertiary/aromatic N) is 4. The third-order valence-electron chi connectivity index (χ3n) is 3.01. The molecule has 1 unspecified atom stereocenters. The van der Waals surface area contributed by atoms with Gasteiger partial charge in [0.1, 0.15) is 18.0 Å². The van der Waals surface area contributed by atoms with Crippen molar-refractivity contribution in [3.63, 3.8) is 0 Å². The van der Waals surface area contributed by atoms with Crippen molar-refractivity contribution in [2.45, 2.75) is 24.9 Å². The highest BCUT2D eigenvalue weighted by Crippen LogP contribution is 2.32. The van der Waals surface area contributed by atoms with Gasteiger partial charge in [0.2, 0.25) is 10.6 Å². The van der Waals surface area contributed by atoms with Gasteiger partial charge in [0.15, 0.2) is 5.82 Å². The number of rotatable bonds is 2. The molecule has 0 aliphatic carbocycles.